The molecule has 0 saturated heterocycles. The van der Waals surface area contributed by atoms with E-state index >= 15 is 0 Å². The molecular formula is C16H29N5. The highest BCUT2D eigenvalue weighted by atomic mass is 15.3. The highest BCUT2D eigenvalue weighted by molar-refractivity contribution is 5.79. The van der Waals surface area contributed by atoms with Crippen LogP contribution in [0.3, 0.4) is 0 Å². The van der Waals surface area contributed by atoms with Gasteiger partial charge in [0.15, 0.2) is 5.96 Å². The molecule has 1 aromatic rings. The summed E-state index contributed by atoms with van der Waals surface area (Å²) < 4.78 is 0. The zero-order chi connectivity index (χ0) is 15.1. The summed E-state index contributed by atoms with van der Waals surface area (Å²) in [5, 5.41) is 10.3. The van der Waals surface area contributed by atoms with Gasteiger partial charge in [-0.1, -0.05) is 19.8 Å². The fraction of sp³-hybridized carbons (Fsp3) is 0.750. The lowest BCUT2D eigenvalue weighted by Gasteiger charge is -2.31. The van der Waals surface area contributed by atoms with Gasteiger partial charge in [-0.3, -0.25) is 5.10 Å². The third kappa shape index (κ3) is 5.06. The lowest BCUT2D eigenvalue weighted by Crippen LogP contribution is -2.41. The van der Waals surface area contributed by atoms with Crippen molar-refractivity contribution >= 4 is 5.96 Å². The first-order valence-corrected chi connectivity index (χ1v) is 8.16. The highest BCUT2D eigenvalue weighted by Crippen LogP contribution is 2.28. The third-order valence-corrected chi connectivity index (χ3v) is 4.32. The molecule has 0 unspecified atom stereocenters. The van der Waals surface area contributed by atoms with Gasteiger partial charge in [0.2, 0.25) is 0 Å². The quantitative estimate of drug-likeness (QED) is 0.648. The number of nitrogens with zero attached hydrogens (tertiary/aromatic N) is 3. The molecule has 1 aliphatic carbocycles. The van der Waals surface area contributed by atoms with Crippen LogP contribution in [0.25, 0.3) is 0 Å². The Morgan fingerprint density at radius 2 is 2.19 bits per heavy atom. The van der Waals surface area contributed by atoms with E-state index in [9.17, 15) is 0 Å². The number of aromatic nitrogens is 2. The number of hydrogen-bond donors (Lipinski definition) is 2. The number of rotatable bonds is 5. The molecular weight excluding hydrogens is 262 g/mol. The maximum absolute atomic E-state index is 4.70. The van der Waals surface area contributed by atoms with Crippen molar-refractivity contribution in [3.05, 3.63) is 18.0 Å². The van der Waals surface area contributed by atoms with Gasteiger partial charge in [0.05, 0.1) is 12.2 Å². The van der Waals surface area contributed by atoms with Crippen molar-refractivity contribution in [2.75, 3.05) is 20.1 Å². The molecule has 21 heavy (non-hydrogen) atoms. The maximum atomic E-state index is 4.70. The Labute approximate surface area is 128 Å². The van der Waals surface area contributed by atoms with Crippen molar-refractivity contribution < 1.29 is 0 Å². The molecule has 118 valence electrons. The Kier molecular flexibility index (Phi) is 6.08. The van der Waals surface area contributed by atoms with E-state index in [1.54, 1.807) is 6.20 Å². The molecule has 2 N–H and O–H groups in total. The van der Waals surface area contributed by atoms with Crippen LogP contribution in [0, 0.1) is 11.8 Å². The normalized spacial score (nSPS) is 23.1. The van der Waals surface area contributed by atoms with Gasteiger partial charge in [0, 0.05) is 26.3 Å². The molecule has 1 aliphatic rings. The second-order valence-corrected chi connectivity index (χ2v) is 6.26. The summed E-state index contributed by atoms with van der Waals surface area (Å²) in [6, 6.07) is 1.97. The maximum Gasteiger partial charge on any atom is 0.194 e. The standard InChI is InChI=1S/C16H29N5/c1-4-17-16(18-11-15-9-10-19-20-15)21(3)12-14-7-5-13(2)6-8-14/h9-10,13-14H,4-8,11-12H2,1-3H3,(H,17,18)(H,19,20). The Balaban J connectivity index is 1.88. The summed E-state index contributed by atoms with van der Waals surface area (Å²) in [6.07, 6.45) is 7.22. The molecule has 0 radical (unpaired) electrons. The van der Waals surface area contributed by atoms with Crippen LogP contribution in [-0.4, -0.2) is 41.2 Å². The van der Waals surface area contributed by atoms with Crippen LogP contribution in [-0.2, 0) is 6.54 Å². The second-order valence-electron chi connectivity index (χ2n) is 6.26. The van der Waals surface area contributed by atoms with Gasteiger partial charge in [-0.15, -0.1) is 0 Å². The smallest absolute Gasteiger partial charge is 0.194 e. The monoisotopic (exact) mass is 291 g/mol. The molecule has 5 heteroatoms. The molecule has 1 aromatic heterocycles. The fourth-order valence-electron chi connectivity index (χ4n) is 2.99. The topological polar surface area (TPSA) is 56.3 Å². The van der Waals surface area contributed by atoms with E-state index in [1.807, 2.05) is 6.07 Å². The van der Waals surface area contributed by atoms with E-state index in [1.165, 1.54) is 25.7 Å². The predicted octanol–water partition coefficient (Wildman–Crippen LogP) is 2.63. The average Bonchev–Trinajstić information content (AvgIpc) is 2.99. The molecule has 0 aromatic carbocycles. The van der Waals surface area contributed by atoms with Crippen LogP contribution < -0.4 is 5.32 Å². The lowest BCUT2D eigenvalue weighted by molar-refractivity contribution is 0.250. The molecule has 0 amide bonds. The van der Waals surface area contributed by atoms with Crippen molar-refractivity contribution in [3.63, 3.8) is 0 Å². The van der Waals surface area contributed by atoms with Gasteiger partial charge in [-0.2, -0.15) is 5.10 Å². The molecule has 1 fully saturated rings. The van der Waals surface area contributed by atoms with Crippen molar-refractivity contribution in [1.29, 1.82) is 0 Å². The Morgan fingerprint density at radius 1 is 1.43 bits per heavy atom. The molecule has 0 bridgehead atoms. The van der Waals surface area contributed by atoms with Crippen LogP contribution in [0.1, 0.15) is 45.2 Å². The first-order chi connectivity index (χ1) is 10.2. The molecule has 0 aliphatic heterocycles. The zero-order valence-corrected chi connectivity index (χ0v) is 13.6. The number of hydrogen-bond acceptors (Lipinski definition) is 2. The van der Waals surface area contributed by atoms with E-state index < -0.39 is 0 Å². The van der Waals surface area contributed by atoms with Gasteiger partial charge in [0.25, 0.3) is 0 Å². The first kappa shape index (κ1) is 15.9. The molecule has 5 nitrogen and oxygen atoms in total. The van der Waals surface area contributed by atoms with E-state index in [-0.39, 0.29) is 0 Å². The minimum atomic E-state index is 0.647. The number of aromatic amines is 1. The fourth-order valence-corrected chi connectivity index (χ4v) is 2.99. The van der Waals surface area contributed by atoms with Crippen molar-refractivity contribution in [2.45, 2.75) is 46.1 Å². The zero-order valence-electron chi connectivity index (χ0n) is 13.6. The summed E-state index contributed by atoms with van der Waals surface area (Å²) in [4.78, 5) is 6.97. The summed E-state index contributed by atoms with van der Waals surface area (Å²) >= 11 is 0. The van der Waals surface area contributed by atoms with Gasteiger partial charge in [0.1, 0.15) is 0 Å². The molecule has 1 saturated carbocycles. The Hall–Kier alpha value is -1.52. The number of aliphatic imine (C=N–C) groups is 1. The molecule has 0 atom stereocenters. The van der Waals surface area contributed by atoms with E-state index in [0.29, 0.717) is 6.54 Å². The molecule has 0 spiro atoms. The number of nitrogens with one attached hydrogen (secondary N) is 2. The summed E-state index contributed by atoms with van der Waals surface area (Å²) in [5.74, 6) is 2.71. The minimum absolute atomic E-state index is 0.647. The van der Waals surface area contributed by atoms with Crippen LogP contribution in [0.4, 0.5) is 0 Å². The van der Waals surface area contributed by atoms with Gasteiger partial charge < -0.3 is 10.2 Å². The van der Waals surface area contributed by atoms with Gasteiger partial charge >= 0.3 is 0 Å². The average molecular weight is 291 g/mol. The van der Waals surface area contributed by atoms with E-state index in [4.69, 9.17) is 4.99 Å². The highest BCUT2D eigenvalue weighted by Gasteiger charge is 2.20. The third-order valence-electron chi connectivity index (χ3n) is 4.32. The SMILES string of the molecule is CCNC(=NCc1ccn[nH]1)N(C)CC1CCC(C)CC1. The van der Waals surface area contributed by atoms with E-state index in [0.717, 1.165) is 36.6 Å². The summed E-state index contributed by atoms with van der Waals surface area (Å²) in [5.41, 5.74) is 1.05. The van der Waals surface area contributed by atoms with Crippen LogP contribution >= 0.6 is 0 Å². The van der Waals surface area contributed by atoms with Crippen LogP contribution in [0.15, 0.2) is 17.3 Å². The molecule has 1 heterocycles. The summed E-state index contributed by atoms with van der Waals surface area (Å²) in [6.45, 7) is 7.13. The number of H-pyrrole nitrogens is 1. The largest absolute Gasteiger partial charge is 0.357 e. The first-order valence-electron chi connectivity index (χ1n) is 8.16. The van der Waals surface area contributed by atoms with Crippen molar-refractivity contribution in [3.8, 4) is 0 Å². The van der Waals surface area contributed by atoms with Gasteiger partial charge in [-0.05, 0) is 37.7 Å². The van der Waals surface area contributed by atoms with E-state index in [2.05, 4.69) is 41.3 Å². The van der Waals surface area contributed by atoms with Gasteiger partial charge in [-0.25, -0.2) is 4.99 Å². The lowest BCUT2D eigenvalue weighted by atomic mass is 9.83. The Morgan fingerprint density at radius 3 is 2.81 bits per heavy atom. The Bertz CT molecular complexity index is 418. The predicted molar refractivity (Wildman–Crippen MR) is 87.2 cm³/mol. The summed E-state index contributed by atoms with van der Waals surface area (Å²) in [7, 11) is 2.15. The number of guanidine groups is 1. The van der Waals surface area contributed by atoms with Crippen molar-refractivity contribution in [2.24, 2.45) is 16.8 Å². The molecule has 2 rings (SSSR count). The minimum Gasteiger partial charge on any atom is -0.357 e. The second kappa shape index (κ2) is 8.05. The van der Waals surface area contributed by atoms with Crippen molar-refractivity contribution in [1.82, 2.24) is 20.4 Å². The van der Waals surface area contributed by atoms with Crippen LogP contribution in [0.2, 0.25) is 0 Å². The van der Waals surface area contributed by atoms with Crippen LogP contribution in [0.5, 0.6) is 0 Å².